The number of hydrogen-bond acceptors (Lipinski definition) is 3. The number of nitrogens with zero attached hydrogens (tertiary/aromatic N) is 2. The second-order valence-corrected chi connectivity index (χ2v) is 6.84. The number of fused-ring (bicyclic) bond motifs is 1. The summed E-state index contributed by atoms with van der Waals surface area (Å²) in [6, 6.07) is 9.25. The van der Waals surface area contributed by atoms with Gasteiger partial charge in [0.25, 0.3) is 0 Å². The van der Waals surface area contributed by atoms with Crippen molar-refractivity contribution in [2.24, 2.45) is 0 Å². The molecule has 0 spiro atoms. The second kappa shape index (κ2) is 6.48. The highest BCUT2D eigenvalue weighted by Crippen LogP contribution is 2.33. The molecule has 1 fully saturated rings. The predicted octanol–water partition coefficient (Wildman–Crippen LogP) is 4.15. The molecule has 1 saturated heterocycles. The van der Waals surface area contributed by atoms with Gasteiger partial charge in [0, 0.05) is 33.5 Å². The summed E-state index contributed by atoms with van der Waals surface area (Å²) >= 11 is 2.35. The maximum atomic E-state index is 5.67. The van der Waals surface area contributed by atoms with Crippen LogP contribution in [-0.2, 0) is 4.74 Å². The average molecular weight is 396 g/mol. The van der Waals surface area contributed by atoms with Crippen LogP contribution >= 0.6 is 22.6 Å². The molecular weight excluding hydrogens is 375 g/mol. The Hall–Kier alpha value is -0.880. The van der Waals surface area contributed by atoms with E-state index in [-0.39, 0.29) is 0 Å². The SMILES string of the molecule is CCOC[C@@H]1CCCN1c1cc(C)nc2cc(I)ccc12. The summed E-state index contributed by atoms with van der Waals surface area (Å²) in [5.41, 5.74) is 3.50. The minimum absolute atomic E-state index is 0.495. The lowest BCUT2D eigenvalue weighted by atomic mass is 10.1. The number of pyridine rings is 1. The molecule has 21 heavy (non-hydrogen) atoms. The molecule has 1 aliphatic heterocycles. The fourth-order valence-electron chi connectivity index (χ4n) is 3.13. The molecule has 0 N–H and O–H groups in total. The largest absolute Gasteiger partial charge is 0.380 e. The molecule has 0 amide bonds. The standard InChI is InChI=1S/C17H21IN2O/c1-3-21-11-14-5-4-8-20(14)17-9-12(2)19-16-10-13(18)6-7-15(16)17/h6-7,9-10,14H,3-5,8,11H2,1-2H3/t14-/m0/s1. The summed E-state index contributed by atoms with van der Waals surface area (Å²) < 4.78 is 6.90. The van der Waals surface area contributed by atoms with Crippen LogP contribution in [0.4, 0.5) is 5.69 Å². The molecule has 2 heterocycles. The first-order valence-electron chi connectivity index (χ1n) is 7.60. The monoisotopic (exact) mass is 396 g/mol. The van der Waals surface area contributed by atoms with E-state index in [2.05, 4.69) is 65.6 Å². The van der Waals surface area contributed by atoms with Crippen LogP contribution in [0.5, 0.6) is 0 Å². The van der Waals surface area contributed by atoms with E-state index in [9.17, 15) is 0 Å². The van der Waals surface area contributed by atoms with Crippen molar-refractivity contribution in [2.45, 2.75) is 32.7 Å². The van der Waals surface area contributed by atoms with Crippen LogP contribution in [0.2, 0.25) is 0 Å². The van der Waals surface area contributed by atoms with Crippen molar-refractivity contribution < 1.29 is 4.74 Å². The quantitative estimate of drug-likeness (QED) is 0.726. The van der Waals surface area contributed by atoms with Crippen LogP contribution in [0.15, 0.2) is 24.3 Å². The van der Waals surface area contributed by atoms with Gasteiger partial charge in [-0.05, 0) is 73.5 Å². The van der Waals surface area contributed by atoms with E-state index < -0.39 is 0 Å². The van der Waals surface area contributed by atoms with Crippen LogP contribution in [0.1, 0.15) is 25.5 Å². The van der Waals surface area contributed by atoms with Gasteiger partial charge >= 0.3 is 0 Å². The predicted molar refractivity (Wildman–Crippen MR) is 96.1 cm³/mol. The Labute approximate surface area is 139 Å². The third-order valence-electron chi connectivity index (χ3n) is 4.08. The Balaban J connectivity index is 2.02. The van der Waals surface area contributed by atoms with Gasteiger partial charge in [-0.1, -0.05) is 0 Å². The number of halogens is 1. The fourth-order valence-corrected chi connectivity index (χ4v) is 3.60. The number of anilines is 1. The Morgan fingerprint density at radius 1 is 1.38 bits per heavy atom. The molecular formula is C17H21IN2O. The van der Waals surface area contributed by atoms with Gasteiger partial charge in [-0.3, -0.25) is 4.98 Å². The van der Waals surface area contributed by atoms with E-state index >= 15 is 0 Å². The zero-order valence-electron chi connectivity index (χ0n) is 12.6. The Bertz CT molecular complexity index is 639. The average Bonchev–Trinajstić information content (AvgIpc) is 2.91. The lowest BCUT2D eigenvalue weighted by Crippen LogP contribution is -2.33. The third-order valence-corrected chi connectivity index (χ3v) is 4.75. The Kier molecular flexibility index (Phi) is 4.64. The number of hydrogen-bond donors (Lipinski definition) is 0. The van der Waals surface area contributed by atoms with Crippen molar-refractivity contribution in [1.29, 1.82) is 0 Å². The van der Waals surface area contributed by atoms with Crippen molar-refractivity contribution in [3.05, 3.63) is 33.5 Å². The normalized spacial score (nSPS) is 18.6. The molecule has 0 aliphatic carbocycles. The molecule has 112 valence electrons. The Morgan fingerprint density at radius 2 is 2.24 bits per heavy atom. The van der Waals surface area contributed by atoms with E-state index in [1.807, 2.05) is 0 Å². The second-order valence-electron chi connectivity index (χ2n) is 5.59. The van der Waals surface area contributed by atoms with Crippen LogP contribution in [0.3, 0.4) is 0 Å². The van der Waals surface area contributed by atoms with Gasteiger partial charge in [0.2, 0.25) is 0 Å². The number of aryl methyl sites for hydroxylation is 1. The molecule has 2 aromatic rings. The van der Waals surface area contributed by atoms with E-state index in [1.54, 1.807) is 0 Å². The highest BCUT2D eigenvalue weighted by Gasteiger charge is 2.26. The molecule has 0 radical (unpaired) electrons. The van der Waals surface area contributed by atoms with Crippen LogP contribution in [0.25, 0.3) is 10.9 Å². The number of ether oxygens (including phenoxy) is 1. The summed E-state index contributed by atoms with van der Waals surface area (Å²) in [7, 11) is 0. The number of rotatable bonds is 4. The lowest BCUT2D eigenvalue weighted by Gasteiger charge is -2.28. The molecule has 3 nitrogen and oxygen atoms in total. The van der Waals surface area contributed by atoms with Gasteiger partial charge in [0.1, 0.15) is 0 Å². The van der Waals surface area contributed by atoms with Crippen molar-refractivity contribution in [1.82, 2.24) is 4.98 Å². The topological polar surface area (TPSA) is 25.4 Å². The first-order chi connectivity index (χ1) is 10.2. The highest BCUT2D eigenvalue weighted by atomic mass is 127. The molecule has 1 aromatic carbocycles. The van der Waals surface area contributed by atoms with Crippen LogP contribution in [-0.4, -0.2) is 30.8 Å². The minimum atomic E-state index is 0.495. The zero-order valence-corrected chi connectivity index (χ0v) is 14.8. The summed E-state index contributed by atoms with van der Waals surface area (Å²) in [4.78, 5) is 7.21. The van der Waals surface area contributed by atoms with Crippen molar-refractivity contribution in [2.75, 3.05) is 24.7 Å². The van der Waals surface area contributed by atoms with Gasteiger partial charge in [-0.15, -0.1) is 0 Å². The van der Waals surface area contributed by atoms with E-state index in [4.69, 9.17) is 9.72 Å². The molecule has 0 bridgehead atoms. The first kappa shape index (κ1) is 15.0. The maximum Gasteiger partial charge on any atom is 0.0736 e. The van der Waals surface area contributed by atoms with Crippen molar-refractivity contribution >= 4 is 39.2 Å². The summed E-state index contributed by atoms with van der Waals surface area (Å²) in [5, 5.41) is 1.25. The van der Waals surface area contributed by atoms with Crippen LogP contribution < -0.4 is 4.90 Å². The van der Waals surface area contributed by atoms with Gasteiger partial charge in [0.05, 0.1) is 18.2 Å². The summed E-state index contributed by atoms with van der Waals surface area (Å²) in [6.07, 6.45) is 2.46. The van der Waals surface area contributed by atoms with Crippen LogP contribution in [0, 0.1) is 10.5 Å². The first-order valence-corrected chi connectivity index (χ1v) is 8.68. The van der Waals surface area contributed by atoms with Gasteiger partial charge in [-0.2, -0.15) is 0 Å². The van der Waals surface area contributed by atoms with Crippen molar-refractivity contribution in [3.63, 3.8) is 0 Å². The Morgan fingerprint density at radius 3 is 3.05 bits per heavy atom. The fraction of sp³-hybridized carbons (Fsp3) is 0.471. The van der Waals surface area contributed by atoms with Gasteiger partial charge in [-0.25, -0.2) is 0 Å². The van der Waals surface area contributed by atoms with E-state index in [0.717, 1.165) is 31.0 Å². The molecule has 1 aliphatic rings. The smallest absolute Gasteiger partial charge is 0.0736 e. The molecule has 1 aromatic heterocycles. The maximum absolute atomic E-state index is 5.67. The number of benzene rings is 1. The molecule has 3 rings (SSSR count). The third kappa shape index (κ3) is 3.16. The van der Waals surface area contributed by atoms with E-state index in [0.29, 0.717) is 6.04 Å². The molecule has 0 saturated carbocycles. The highest BCUT2D eigenvalue weighted by molar-refractivity contribution is 14.1. The summed E-state index contributed by atoms with van der Waals surface area (Å²) in [5.74, 6) is 0. The van der Waals surface area contributed by atoms with Gasteiger partial charge < -0.3 is 9.64 Å². The van der Waals surface area contributed by atoms with Crippen molar-refractivity contribution in [3.8, 4) is 0 Å². The van der Waals surface area contributed by atoms with Gasteiger partial charge in [0.15, 0.2) is 0 Å². The lowest BCUT2D eigenvalue weighted by molar-refractivity contribution is 0.134. The number of aromatic nitrogens is 1. The minimum Gasteiger partial charge on any atom is -0.380 e. The van der Waals surface area contributed by atoms with E-state index in [1.165, 1.54) is 27.5 Å². The molecule has 4 heteroatoms. The summed E-state index contributed by atoms with van der Waals surface area (Å²) in [6.45, 7) is 6.87. The zero-order chi connectivity index (χ0) is 14.8. The molecule has 1 atom stereocenters. The molecule has 0 unspecified atom stereocenters.